The van der Waals surface area contributed by atoms with Crippen molar-refractivity contribution in [2.24, 2.45) is 0 Å². The van der Waals surface area contributed by atoms with Gasteiger partial charge in [0.2, 0.25) is 0 Å². The van der Waals surface area contributed by atoms with Gasteiger partial charge in [0.25, 0.3) is 0 Å². The van der Waals surface area contributed by atoms with Crippen LogP contribution in [0, 0.1) is 0 Å². The Kier molecular flexibility index (Phi) is 4.39. The molecule has 2 rings (SSSR count). The number of carbonyl (C=O) groups is 1. The van der Waals surface area contributed by atoms with E-state index in [1.807, 2.05) is 24.3 Å². The van der Waals surface area contributed by atoms with Crippen molar-refractivity contribution in [1.82, 2.24) is 10.2 Å². The molecule has 5 nitrogen and oxygen atoms in total. The highest BCUT2D eigenvalue weighted by Crippen LogP contribution is 2.32. The topological polar surface area (TPSA) is 72.3 Å². The maximum absolute atomic E-state index is 10.8. The van der Waals surface area contributed by atoms with Crippen LogP contribution in [0.3, 0.4) is 0 Å². The van der Waals surface area contributed by atoms with Crippen molar-refractivity contribution >= 4 is 29.1 Å². The highest BCUT2D eigenvalue weighted by atomic mass is 32.2. The summed E-state index contributed by atoms with van der Waals surface area (Å²) < 4.78 is 5.80. The Hall–Kier alpha value is -1.60. The zero-order chi connectivity index (χ0) is 13.8. The predicted molar refractivity (Wildman–Crippen MR) is 74.9 cm³/mol. The number of aromatic nitrogens is 2. The highest BCUT2D eigenvalue weighted by molar-refractivity contribution is 8.02. The van der Waals surface area contributed by atoms with Gasteiger partial charge in [-0.3, -0.25) is 4.79 Å². The van der Waals surface area contributed by atoms with Crippen molar-refractivity contribution in [1.29, 1.82) is 0 Å². The minimum absolute atomic E-state index is 0.536. The van der Waals surface area contributed by atoms with Crippen molar-refractivity contribution in [2.75, 3.05) is 7.11 Å². The second-order valence-electron chi connectivity index (χ2n) is 3.70. The van der Waals surface area contributed by atoms with Crippen LogP contribution in [0.1, 0.15) is 6.92 Å². The second-order valence-corrected chi connectivity index (χ2v) is 6.27. The van der Waals surface area contributed by atoms with Crippen LogP contribution < -0.4 is 4.74 Å². The Labute approximate surface area is 118 Å². The van der Waals surface area contributed by atoms with Crippen LogP contribution in [-0.4, -0.2) is 33.6 Å². The molecule has 0 fully saturated rings. The van der Waals surface area contributed by atoms with E-state index in [0.29, 0.717) is 4.34 Å². The molecule has 19 heavy (non-hydrogen) atoms. The summed E-state index contributed by atoms with van der Waals surface area (Å²) in [6.45, 7) is 1.62. The third kappa shape index (κ3) is 3.45. The summed E-state index contributed by atoms with van der Waals surface area (Å²) in [6, 6.07) is 7.52. The molecule has 1 aromatic carbocycles. The fraction of sp³-hybridized carbons (Fsp3) is 0.250. The van der Waals surface area contributed by atoms with Crippen LogP contribution in [0.4, 0.5) is 0 Å². The van der Waals surface area contributed by atoms with Gasteiger partial charge in [0.15, 0.2) is 4.34 Å². The van der Waals surface area contributed by atoms with E-state index in [0.717, 1.165) is 16.3 Å². The lowest BCUT2D eigenvalue weighted by Crippen LogP contribution is -2.10. The Morgan fingerprint density at radius 1 is 1.47 bits per heavy atom. The summed E-state index contributed by atoms with van der Waals surface area (Å²) in [7, 11) is 1.61. The Morgan fingerprint density at radius 2 is 2.26 bits per heavy atom. The molecule has 1 unspecified atom stereocenters. The Morgan fingerprint density at radius 3 is 2.95 bits per heavy atom. The third-order valence-corrected chi connectivity index (χ3v) is 4.49. The summed E-state index contributed by atoms with van der Waals surface area (Å²) >= 11 is 2.56. The fourth-order valence-corrected chi connectivity index (χ4v) is 3.26. The van der Waals surface area contributed by atoms with Crippen molar-refractivity contribution in [2.45, 2.75) is 16.5 Å². The van der Waals surface area contributed by atoms with Crippen molar-refractivity contribution in [3.8, 4) is 16.3 Å². The molecule has 2 aromatic rings. The summed E-state index contributed by atoms with van der Waals surface area (Å²) in [5, 5.41) is 17.1. The molecular formula is C12H12N2O3S2. The van der Waals surface area contributed by atoms with Gasteiger partial charge in [-0.1, -0.05) is 35.2 Å². The van der Waals surface area contributed by atoms with Crippen LogP contribution in [0.2, 0.25) is 0 Å². The number of carboxylic acids is 1. The van der Waals surface area contributed by atoms with Gasteiger partial charge >= 0.3 is 5.97 Å². The van der Waals surface area contributed by atoms with E-state index >= 15 is 0 Å². The first-order valence-electron chi connectivity index (χ1n) is 5.47. The lowest BCUT2D eigenvalue weighted by Gasteiger charge is -2.01. The number of methoxy groups -OCH3 is 1. The van der Waals surface area contributed by atoms with Gasteiger partial charge in [-0.25, -0.2) is 0 Å². The van der Waals surface area contributed by atoms with Gasteiger partial charge in [-0.15, -0.1) is 10.2 Å². The van der Waals surface area contributed by atoms with Crippen LogP contribution in [0.15, 0.2) is 28.6 Å². The predicted octanol–water partition coefficient (Wildman–Crippen LogP) is 2.78. The number of aliphatic carboxylic acids is 1. The Balaban J connectivity index is 2.18. The van der Waals surface area contributed by atoms with Gasteiger partial charge in [0.05, 0.1) is 7.11 Å². The van der Waals surface area contributed by atoms with Crippen LogP contribution >= 0.6 is 23.1 Å². The van der Waals surface area contributed by atoms with E-state index in [4.69, 9.17) is 9.84 Å². The molecule has 0 bridgehead atoms. The third-order valence-electron chi connectivity index (χ3n) is 2.35. The average molecular weight is 296 g/mol. The summed E-state index contributed by atoms with van der Waals surface area (Å²) in [5.41, 5.74) is 0.909. The molecule has 1 atom stereocenters. The maximum atomic E-state index is 10.8. The molecule has 100 valence electrons. The van der Waals surface area contributed by atoms with Crippen molar-refractivity contribution in [3.63, 3.8) is 0 Å². The van der Waals surface area contributed by atoms with E-state index in [2.05, 4.69) is 10.2 Å². The van der Waals surface area contributed by atoms with E-state index in [1.54, 1.807) is 14.0 Å². The molecule has 1 N–H and O–H groups in total. The van der Waals surface area contributed by atoms with E-state index in [1.165, 1.54) is 23.1 Å². The van der Waals surface area contributed by atoms with E-state index in [9.17, 15) is 4.79 Å². The molecular weight excluding hydrogens is 284 g/mol. The molecule has 0 aliphatic carbocycles. The number of hydrogen-bond acceptors (Lipinski definition) is 6. The highest BCUT2D eigenvalue weighted by Gasteiger charge is 2.16. The smallest absolute Gasteiger partial charge is 0.316 e. The number of hydrogen-bond donors (Lipinski definition) is 1. The zero-order valence-corrected chi connectivity index (χ0v) is 12.0. The molecule has 0 radical (unpaired) electrons. The molecule has 0 spiro atoms. The van der Waals surface area contributed by atoms with Crippen molar-refractivity contribution in [3.05, 3.63) is 24.3 Å². The molecule has 0 saturated carbocycles. The molecule has 7 heteroatoms. The SMILES string of the molecule is COc1cccc(-c2nnc(SC(C)C(=O)O)s2)c1. The normalized spacial score (nSPS) is 12.1. The average Bonchev–Trinajstić information content (AvgIpc) is 2.87. The van der Waals surface area contributed by atoms with Gasteiger partial charge in [-0.05, 0) is 19.1 Å². The minimum atomic E-state index is -0.858. The number of nitrogens with zero attached hydrogens (tertiary/aromatic N) is 2. The van der Waals surface area contributed by atoms with E-state index in [-0.39, 0.29) is 0 Å². The van der Waals surface area contributed by atoms with Gasteiger partial charge in [0.1, 0.15) is 16.0 Å². The molecule has 1 aromatic heterocycles. The molecule has 1 heterocycles. The molecule has 0 aliphatic heterocycles. The summed E-state index contributed by atoms with van der Waals surface area (Å²) in [4.78, 5) is 10.8. The van der Waals surface area contributed by atoms with Crippen LogP contribution in [0.5, 0.6) is 5.75 Å². The van der Waals surface area contributed by atoms with E-state index < -0.39 is 11.2 Å². The summed E-state index contributed by atoms with van der Waals surface area (Å²) in [5.74, 6) is -0.107. The number of benzene rings is 1. The van der Waals surface area contributed by atoms with Gasteiger partial charge < -0.3 is 9.84 Å². The number of carboxylic acid groups (broad SMARTS) is 1. The van der Waals surface area contributed by atoms with Gasteiger partial charge in [0, 0.05) is 5.56 Å². The monoisotopic (exact) mass is 296 g/mol. The molecule has 0 saturated heterocycles. The lowest BCUT2D eigenvalue weighted by molar-refractivity contribution is -0.136. The largest absolute Gasteiger partial charge is 0.497 e. The minimum Gasteiger partial charge on any atom is -0.497 e. The first-order valence-corrected chi connectivity index (χ1v) is 7.17. The number of rotatable bonds is 5. The van der Waals surface area contributed by atoms with Crippen LogP contribution in [0.25, 0.3) is 10.6 Å². The molecule has 0 aliphatic rings. The standard InChI is InChI=1S/C12H12N2O3S2/c1-7(11(15)16)18-12-14-13-10(19-12)8-4-3-5-9(6-8)17-2/h3-7H,1-2H3,(H,15,16). The number of thioether (sulfide) groups is 1. The quantitative estimate of drug-likeness (QED) is 0.855. The maximum Gasteiger partial charge on any atom is 0.316 e. The summed E-state index contributed by atoms with van der Waals surface area (Å²) in [6.07, 6.45) is 0. The second kappa shape index (κ2) is 6.03. The Bertz CT molecular complexity index is 586. The fourth-order valence-electron chi connectivity index (χ4n) is 1.33. The zero-order valence-electron chi connectivity index (χ0n) is 10.4. The van der Waals surface area contributed by atoms with Gasteiger partial charge in [-0.2, -0.15) is 0 Å². The van der Waals surface area contributed by atoms with Crippen LogP contribution in [-0.2, 0) is 4.79 Å². The first-order chi connectivity index (χ1) is 9.10. The first kappa shape index (κ1) is 13.8. The van der Waals surface area contributed by atoms with Crippen molar-refractivity contribution < 1.29 is 14.6 Å². The lowest BCUT2D eigenvalue weighted by atomic mass is 10.2. The molecule has 0 amide bonds. The number of ether oxygens (including phenoxy) is 1.